The minimum atomic E-state index is -0.233. The maximum Gasteiger partial charge on any atom is 0.209 e. The van der Waals surface area contributed by atoms with E-state index in [2.05, 4.69) is 99.7 Å². The molecule has 0 aliphatic carbocycles. The zero-order valence-corrected chi connectivity index (χ0v) is 20.8. The van der Waals surface area contributed by atoms with Gasteiger partial charge in [-0.2, -0.15) is 4.58 Å². The number of allylic oxidation sites excluding steroid dienone is 8. The van der Waals surface area contributed by atoms with Crippen molar-refractivity contribution in [2.24, 2.45) is 0 Å². The lowest BCUT2D eigenvalue weighted by Crippen LogP contribution is -2.26. The van der Waals surface area contributed by atoms with Crippen molar-refractivity contribution in [3.8, 4) is 0 Å². The second-order valence-corrected chi connectivity index (χ2v) is 10.1. The largest absolute Gasteiger partial charge is 0.347 e. The molecule has 2 aromatic rings. The molecule has 0 amide bonds. The summed E-state index contributed by atoms with van der Waals surface area (Å²) in [6, 6.07) is 11.7. The summed E-state index contributed by atoms with van der Waals surface area (Å²) in [6.07, 6.45) is 14.6. The Labute approximate surface area is 197 Å². The molecule has 2 aromatic carbocycles. The van der Waals surface area contributed by atoms with Crippen molar-refractivity contribution >= 4 is 17.1 Å². The number of halogens is 1. The molecule has 0 bridgehead atoms. The maximum absolute atomic E-state index is 13.8. The van der Waals surface area contributed by atoms with Gasteiger partial charge in [-0.05, 0) is 50.6 Å². The number of rotatable bonds is 4. The fourth-order valence-corrected chi connectivity index (χ4v) is 5.24. The van der Waals surface area contributed by atoms with Gasteiger partial charge < -0.3 is 4.90 Å². The number of hydrogen-bond donors (Lipinski definition) is 0. The van der Waals surface area contributed by atoms with Crippen LogP contribution in [0.25, 0.3) is 0 Å². The van der Waals surface area contributed by atoms with Crippen LogP contribution in [0.5, 0.6) is 0 Å². The van der Waals surface area contributed by atoms with Gasteiger partial charge in [0.15, 0.2) is 5.71 Å². The number of likely N-dealkylation sites (N-methyl/N-ethyl adjacent to an activating group) is 1. The Balaban J connectivity index is 1.47. The third-order valence-corrected chi connectivity index (χ3v) is 7.14. The highest BCUT2D eigenvalue weighted by Gasteiger charge is 2.43. The first-order valence-corrected chi connectivity index (χ1v) is 11.5. The molecular formula is C30H34FN2+. The topological polar surface area (TPSA) is 6.25 Å². The molecular weight excluding hydrogens is 407 g/mol. The van der Waals surface area contributed by atoms with Gasteiger partial charge in [0, 0.05) is 41.6 Å². The molecule has 2 heterocycles. The van der Waals surface area contributed by atoms with Crippen molar-refractivity contribution in [2.75, 3.05) is 19.0 Å². The Morgan fingerprint density at radius 1 is 0.848 bits per heavy atom. The van der Waals surface area contributed by atoms with E-state index in [1.54, 1.807) is 6.07 Å². The van der Waals surface area contributed by atoms with Crippen LogP contribution in [0.3, 0.4) is 0 Å². The lowest BCUT2D eigenvalue weighted by molar-refractivity contribution is -0.401. The summed E-state index contributed by atoms with van der Waals surface area (Å²) in [6.45, 7) is 11.0. The van der Waals surface area contributed by atoms with E-state index in [1.165, 1.54) is 28.6 Å². The van der Waals surface area contributed by atoms with Crippen molar-refractivity contribution in [3.63, 3.8) is 0 Å². The summed E-state index contributed by atoms with van der Waals surface area (Å²) in [5.74, 6) is -0.186. The van der Waals surface area contributed by atoms with E-state index in [9.17, 15) is 4.39 Å². The Morgan fingerprint density at radius 3 is 2.30 bits per heavy atom. The van der Waals surface area contributed by atoms with Gasteiger partial charge in [-0.3, -0.25) is 0 Å². The number of fused-ring (bicyclic) bond motifs is 2. The summed E-state index contributed by atoms with van der Waals surface area (Å²) in [5, 5.41) is 0. The van der Waals surface area contributed by atoms with Crippen molar-refractivity contribution in [1.29, 1.82) is 0 Å². The SMILES string of the molecule is Cc1ccc2c(c1)C(C)(C)\C(=C/C=C/C=C/C=C/C1=[N+](C)c3ccc(F)cc3C1(C)C)N2C. The molecule has 0 saturated heterocycles. The lowest BCUT2D eigenvalue weighted by atomic mass is 9.81. The van der Waals surface area contributed by atoms with Gasteiger partial charge in [-0.1, -0.05) is 61.9 Å². The molecule has 0 N–H and O–H groups in total. The van der Waals surface area contributed by atoms with Gasteiger partial charge in [-0.25, -0.2) is 4.39 Å². The van der Waals surface area contributed by atoms with E-state index < -0.39 is 0 Å². The van der Waals surface area contributed by atoms with Gasteiger partial charge >= 0.3 is 0 Å². The first-order valence-electron chi connectivity index (χ1n) is 11.5. The molecule has 2 nitrogen and oxygen atoms in total. The van der Waals surface area contributed by atoms with Crippen LogP contribution in [0, 0.1) is 12.7 Å². The van der Waals surface area contributed by atoms with Gasteiger partial charge in [0.1, 0.15) is 12.9 Å². The average molecular weight is 442 g/mol. The third kappa shape index (κ3) is 3.90. The number of aryl methyl sites for hydroxylation is 1. The smallest absolute Gasteiger partial charge is 0.209 e. The van der Waals surface area contributed by atoms with Gasteiger partial charge in [0.2, 0.25) is 5.69 Å². The molecule has 0 atom stereocenters. The molecule has 0 saturated carbocycles. The Hall–Kier alpha value is -3.20. The number of nitrogens with zero attached hydrogens (tertiary/aromatic N) is 2. The van der Waals surface area contributed by atoms with Crippen LogP contribution in [0.4, 0.5) is 15.8 Å². The van der Waals surface area contributed by atoms with Crippen LogP contribution in [-0.4, -0.2) is 24.4 Å². The molecule has 0 radical (unpaired) electrons. The maximum atomic E-state index is 13.8. The summed E-state index contributed by atoms with van der Waals surface area (Å²) in [4.78, 5) is 2.29. The zero-order chi connectivity index (χ0) is 24.0. The second-order valence-electron chi connectivity index (χ2n) is 10.1. The monoisotopic (exact) mass is 441 g/mol. The summed E-state index contributed by atoms with van der Waals surface area (Å²) in [5.41, 5.74) is 8.24. The third-order valence-electron chi connectivity index (χ3n) is 7.14. The normalized spacial score (nSPS) is 20.1. The first-order chi connectivity index (χ1) is 15.5. The van der Waals surface area contributed by atoms with Gasteiger partial charge in [-0.15, -0.1) is 0 Å². The molecule has 170 valence electrons. The van der Waals surface area contributed by atoms with E-state index in [4.69, 9.17) is 0 Å². The number of benzene rings is 2. The van der Waals surface area contributed by atoms with E-state index in [0.717, 1.165) is 17.0 Å². The molecule has 0 aromatic heterocycles. The Kier molecular flexibility index (Phi) is 5.78. The lowest BCUT2D eigenvalue weighted by Gasteiger charge is -2.23. The standard InChI is InChI=1S/C30H34FN2/c1-21-15-17-25-23(19-21)29(2,3)27(32(25)6)13-11-9-8-10-12-14-28-30(4,5)24-20-22(31)16-18-26(24)33(28)7/h8-20H,1-7H3/q+1. The van der Waals surface area contributed by atoms with E-state index in [-0.39, 0.29) is 16.6 Å². The predicted molar refractivity (Wildman–Crippen MR) is 138 cm³/mol. The Morgan fingerprint density at radius 2 is 1.55 bits per heavy atom. The first kappa shape index (κ1) is 23.0. The highest BCUT2D eigenvalue weighted by molar-refractivity contribution is 6.03. The fraction of sp³-hybridized carbons (Fsp3) is 0.300. The zero-order valence-electron chi connectivity index (χ0n) is 20.8. The summed E-state index contributed by atoms with van der Waals surface area (Å²) in [7, 11) is 4.18. The summed E-state index contributed by atoms with van der Waals surface area (Å²) >= 11 is 0. The van der Waals surface area contributed by atoms with Crippen molar-refractivity contribution in [3.05, 3.63) is 107 Å². The molecule has 0 spiro atoms. The van der Waals surface area contributed by atoms with E-state index in [1.807, 2.05) is 25.3 Å². The molecule has 4 rings (SSSR count). The van der Waals surface area contributed by atoms with E-state index >= 15 is 0 Å². The van der Waals surface area contributed by atoms with Crippen molar-refractivity contribution < 1.29 is 8.97 Å². The molecule has 0 fully saturated rings. The molecule has 3 heteroatoms. The minimum Gasteiger partial charge on any atom is -0.347 e. The van der Waals surface area contributed by atoms with Crippen LogP contribution >= 0.6 is 0 Å². The van der Waals surface area contributed by atoms with E-state index in [0.29, 0.717) is 0 Å². The predicted octanol–water partition coefficient (Wildman–Crippen LogP) is 7.12. The highest BCUT2D eigenvalue weighted by Crippen LogP contribution is 2.47. The van der Waals surface area contributed by atoms with Crippen LogP contribution in [0.15, 0.2) is 84.6 Å². The molecule has 2 aliphatic heterocycles. The number of anilines is 1. The molecule has 0 unspecified atom stereocenters. The minimum absolute atomic E-state index is 0.0200. The van der Waals surface area contributed by atoms with Gasteiger partial charge in [0.25, 0.3) is 0 Å². The summed E-state index contributed by atoms with van der Waals surface area (Å²) < 4.78 is 15.9. The molecule has 2 aliphatic rings. The number of hydrogen-bond acceptors (Lipinski definition) is 1. The van der Waals surface area contributed by atoms with Crippen LogP contribution in [0.2, 0.25) is 0 Å². The van der Waals surface area contributed by atoms with Gasteiger partial charge in [0.05, 0.1) is 5.41 Å². The van der Waals surface area contributed by atoms with Crippen molar-refractivity contribution in [1.82, 2.24) is 0 Å². The fourth-order valence-electron chi connectivity index (χ4n) is 5.24. The second kappa shape index (κ2) is 8.30. The quantitative estimate of drug-likeness (QED) is 0.362. The van der Waals surface area contributed by atoms with Crippen LogP contribution in [-0.2, 0) is 10.8 Å². The average Bonchev–Trinajstić information content (AvgIpc) is 3.06. The Bertz CT molecular complexity index is 1250. The molecule has 33 heavy (non-hydrogen) atoms. The highest BCUT2D eigenvalue weighted by atomic mass is 19.1. The van der Waals surface area contributed by atoms with Crippen LogP contribution in [0.1, 0.15) is 44.4 Å². The van der Waals surface area contributed by atoms with Crippen molar-refractivity contribution in [2.45, 2.75) is 45.4 Å². The van der Waals surface area contributed by atoms with Crippen LogP contribution < -0.4 is 4.90 Å².